The standard InChI is InChI=1S/C13H16FNO2/c14-11-5-3-9(4-6-11)1-2-10-7-12(16)13(17)15-8-10/h3-6,10,12,16H,1-2,7-8H2,(H,15,17). The minimum absolute atomic E-state index is 0.228. The minimum atomic E-state index is -0.873. The van der Waals surface area contributed by atoms with Crippen LogP contribution in [-0.4, -0.2) is 23.7 Å². The number of nitrogens with one attached hydrogen (secondary N) is 1. The van der Waals surface area contributed by atoms with E-state index in [-0.39, 0.29) is 11.7 Å². The topological polar surface area (TPSA) is 49.3 Å². The molecular weight excluding hydrogens is 221 g/mol. The van der Waals surface area contributed by atoms with E-state index in [2.05, 4.69) is 5.32 Å². The predicted molar refractivity (Wildman–Crippen MR) is 61.8 cm³/mol. The third kappa shape index (κ3) is 3.27. The summed E-state index contributed by atoms with van der Waals surface area (Å²) >= 11 is 0. The fourth-order valence-corrected chi connectivity index (χ4v) is 2.11. The summed E-state index contributed by atoms with van der Waals surface area (Å²) in [5.41, 5.74) is 1.08. The quantitative estimate of drug-likeness (QED) is 0.831. The molecule has 0 spiro atoms. The van der Waals surface area contributed by atoms with Crippen LogP contribution in [0.25, 0.3) is 0 Å². The van der Waals surface area contributed by atoms with Crippen LogP contribution in [0.3, 0.4) is 0 Å². The first-order valence-corrected chi connectivity index (χ1v) is 5.85. The van der Waals surface area contributed by atoms with Crippen LogP contribution < -0.4 is 5.32 Å². The lowest BCUT2D eigenvalue weighted by molar-refractivity contribution is -0.132. The number of hydrogen-bond donors (Lipinski definition) is 2. The van der Waals surface area contributed by atoms with Gasteiger partial charge in [-0.1, -0.05) is 12.1 Å². The average Bonchev–Trinajstić information content (AvgIpc) is 2.33. The molecule has 0 bridgehead atoms. The Morgan fingerprint density at radius 2 is 2.06 bits per heavy atom. The number of amides is 1. The molecule has 1 aliphatic rings. The van der Waals surface area contributed by atoms with Crippen molar-refractivity contribution in [2.75, 3.05) is 6.54 Å². The van der Waals surface area contributed by atoms with Gasteiger partial charge in [-0.25, -0.2) is 4.39 Å². The van der Waals surface area contributed by atoms with Gasteiger partial charge in [0.25, 0.3) is 0 Å². The molecule has 3 nitrogen and oxygen atoms in total. The Kier molecular flexibility index (Phi) is 3.74. The smallest absolute Gasteiger partial charge is 0.248 e. The third-order valence-corrected chi connectivity index (χ3v) is 3.18. The number of benzene rings is 1. The molecule has 2 unspecified atom stereocenters. The molecular formula is C13H16FNO2. The van der Waals surface area contributed by atoms with Gasteiger partial charge in [-0.15, -0.1) is 0 Å². The monoisotopic (exact) mass is 237 g/mol. The molecule has 1 saturated heterocycles. The molecule has 2 rings (SSSR count). The Bertz CT molecular complexity index is 391. The van der Waals surface area contributed by atoms with Crippen molar-refractivity contribution >= 4 is 5.91 Å². The fourth-order valence-electron chi connectivity index (χ4n) is 2.11. The molecule has 1 heterocycles. The molecule has 1 amide bonds. The van der Waals surface area contributed by atoms with Crippen molar-refractivity contribution in [3.8, 4) is 0 Å². The molecule has 1 fully saturated rings. The summed E-state index contributed by atoms with van der Waals surface area (Å²) in [6.07, 6.45) is 1.38. The number of rotatable bonds is 3. The van der Waals surface area contributed by atoms with E-state index in [1.807, 2.05) is 0 Å². The molecule has 1 aromatic rings. The Hall–Kier alpha value is -1.42. The highest BCUT2D eigenvalue weighted by Gasteiger charge is 2.25. The van der Waals surface area contributed by atoms with Crippen LogP contribution in [-0.2, 0) is 11.2 Å². The normalized spacial score (nSPS) is 24.5. The minimum Gasteiger partial charge on any atom is -0.383 e. The zero-order valence-corrected chi connectivity index (χ0v) is 9.53. The van der Waals surface area contributed by atoms with Gasteiger partial charge in [0.15, 0.2) is 0 Å². The molecule has 2 atom stereocenters. The molecule has 17 heavy (non-hydrogen) atoms. The number of piperidine rings is 1. The van der Waals surface area contributed by atoms with Crippen molar-refractivity contribution in [1.29, 1.82) is 0 Å². The van der Waals surface area contributed by atoms with Gasteiger partial charge >= 0.3 is 0 Å². The maximum Gasteiger partial charge on any atom is 0.248 e. The van der Waals surface area contributed by atoms with Crippen molar-refractivity contribution in [2.24, 2.45) is 5.92 Å². The molecule has 0 aromatic heterocycles. The van der Waals surface area contributed by atoms with E-state index >= 15 is 0 Å². The van der Waals surface area contributed by atoms with E-state index in [0.29, 0.717) is 18.9 Å². The first-order chi connectivity index (χ1) is 8.15. The molecule has 0 saturated carbocycles. The van der Waals surface area contributed by atoms with Gasteiger partial charge in [-0.2, -0.15) is 0 Å². The number of carbonyl (C=O) groups excluding carboxylic acids is 1. The van der Waals surface area contributed by atoms with E-state index in [1.165, 1.54) is 12.1 Å². The van der Waals surface area contributed by atoms with Crippen LogP contribution in [0, 0.1) is 11.7 Å². The van der Waals surface area contributed by atoms with Crippen LogP contribution in [0.5, 0.6) is 0 Å². The van der Waals surface area contributed by atoms with Gasteiger partial charge in [0.1, 0.15) is 11.9 Å². The molecule has 0 radical (unpaired) electrons. The van der Waals surface area contributed by atoms with Crippen molar-refractivity contribution in [3.63, 3.8) is 0 Å². The first-order valence-electron chi connectivity index (χ1n) is 5.85. The van der Waals surface area contributed by atoms with E-state index in [4.69, 9.17) is 0 Å². The van der Waals surface area contributed by atoms with Crippen LogP contribution in [0.4, 0.5) is 4.39 Å². The number of aliphatic hydroxyl groups excluding tert-OH is 1. The number of carbonyl (C=O) groups is 1. The van der Waals surface area contributed by atoms with Crippen molar-refractivity contribution < 1.29 is 14.3 Å². The second kappa shape index (κ2) is 5.27. The van der Waals surface area contributed by atoms with Crippen molar-refractivity contribution in [3.05, 3.63) is 35.6 Å². The highest BCUT2D eigenvalue weighted by Crippen LogP contribution is 2.18. The predicted octanol–water partition coefficient (Wildman–Crippen LogP) is 1.26. The summed E-state index contributed by atoms with van der Waals surface area (Å²) in [7, 11) is 0. The van der Waals surface area contributed by atoms with Gasteiger partial charge in [0.05, 0.1) is 0 Å². The van der Waals surface area contributed by atoms with E-state index in [0.717, 1.165) is 18.4 Å². The van der Waals surface area contributed by atoms with Crippen molar-refractivity contribution in [2.45, 2.75) is 25.4 Å². The zero-order chi connectivity index (χ0) is 12.3. The molecule has 4 heteroatoms. The molecule has 0 aliphatic carbocycles. The summed E-state index contributed by atoms with van der Waals surface area (Å²) < 4.78 is 12.7. The first kappa shape index (κ1) is 12.0. The van der Waals surface area contributed by atoms with Crippen LogP contribution in [0.15, 0.2) is 24.3 Å². The van der Waals surface area contributed by atoms with Crippen molar-refractivity contribution in [1.82, 2.24) is 5.32 Å². The Morgan fingerprint density at radius 1 is 1.35 bits per heavy atom. The van der Waals surface area contributed by atoms with E-state index in [1.54, 1.807) is 12.1 Å². The van der Waals surface area contributed by atoms with Crippen LogP contribution in [0.2, 0.25) is 0 Å². The summed E-state index contributed by atoms with van der Waals surface area (Å²) in [6, 6.07) is 6.44. The number of halogens is 1. The van der Waals surface area contributed by atoms with E-state index in [9.17, 15) is 14.3 Å². The highest BCUT2D eigenvalue weighted by atomic mass is 19.1. The summed E-state index contributed by atoms with van der Waals surface area (Å²) in [5, 5.41) is 12.1. The largest absolute Gasteiger partial charge is 0.383 e. The Morgan fingerprint density at radius 3 is 2.71 bits per heavy atom. The lowest BCUT2D eigenvalue weighted by atomic mass is 9.91. The second-order valence-electron chi connectivity index (χ2n) is 4.53. The summed E-state index contributed by atoms with van der Waals surface area (Å²) in [6.45, 7) is 0.622. The van der Waals surface area contributed by atoms with E-state index < -0.39 is 6.10 Å². The summed E-state index contributed by atoms with van der Waals surface area (Å²) in [5.74, 6) is -0.204. The van der Waals surface area contributed by atoms with Gasteiger partial charge < -0.3 is 10.4 Å². The highest BCUT2D eigenvalue weighted by molar-refractivity contribution is 5.81. The molecule has 1 aliphatic heterocycles. The van der Waals surface area contributed by atoms with Gasteiger partial charge in [0, 0.05) is 6.54 Å². The maximum atomic E-state index is 12.7. The number of aryl methyl sites for hydroxylation is 1. The van der Waals surface area contributed by atoms with Gasteiger partial charge in [0.2, 0.25) is 5.91 Å². The zero-order valence-electron chi connectivity index (χ0n) is 9.53. The SMILES string of the molecule is O=C1NCC(CCc2ccc(F)cc2)CC1O. The maximum absolute atomic E-state index is 12.7. The third-order valence-electron chi connectivity index (χ3n) is 3.18. The average molecular weight is 237 g/mol. The Labute approximate surface area is 99.7 Å². The number of aliphatic hydroxyl groups is 1. The second-order valence-corrected chi connectivity index (χ2v) is 4.53. The fraction of sp³-hybridized carbons (Fsp3) is 0.462. The molecule has 2 N–H and O–H groups in total. The lowest BCUT2D eigenvalue weighted by Crippen LogP contribution is -2.44. The van der Waals surface area contributed by atoms with Gasteiger partial charge in [-0.05, 0) is 42.9 Å². The van der Waals surface area contributed by atoms with Gasteiger partial charge in [-0.3, -0.25) is 4.79 Å². The molecule has 1 aromatic carbocycles. The van der Waals surface area contributed by atoms with Crippen LogP contribution >= 0.6 is 0 Å². The lowest BCUT2D eigenvalue weighted by Gasteiger charge is -2.26. The summed E-state index contributed by atoms with van der Waals surface area (Å²) in [4.78, 5) is 11.0. The Balaban J connectivity index is 1.82. The molecule has 92 valence electrons. The van der Waals surface area contributed by atoms with Crippen LogP contribution in [0.1, 0.15) is 18.4 Å². The number of hydrogen-bond acceptors (Lipinski definition) is 2.